The zero-order valence-corrected chi connectivity index (χ0v) is 12.0. The second-order valence-corrected chi connectivity index (χ2v) is 6.20. The lowest BCUT2D eigenvalue weighted by atomic mass is 9.81. The van der Waals surface area contributed by atoms with Crippen LogP contribution in [0.5, 0.6) is 0 Å². The summed E-state index contributed by atoms with van der Waals surface area (Å²) in [7, 11) is 0. The summed E-state index contributed by atoms with van der Waals surface area (Å²) in [5, 5.41) is 9.56. The molecule has 0 bridgehead atoms. The zero-order valence-electron chi connectivity index (χ0n) is 12.0. The first-order valence-corrected chi connectivity index (χ1v) is 6.92. The van der Waals surface area contributed by atoms with Crippen LogP contribution in [0.1, 0.15) is 32.3 Å². The molecule has 0 unspecified atom stereocenters. The van der Waals surface area contributed by atoms with E-state index in [4.69, 9.17) is 0 Å². The third-order valence-electron chi connectivity index (χ3n) is 3.69. The Kier molecular flexibility index (Phi) is 4.23. The number of carbonyl (C=O) groups is 2. The van der Waals surface area contributed by atoms with Gasteiger partial charge in [-0.05, 0) is 17.4 Å². The lowest BCUT2D eigenvalue weighted by Crippen LogP contribution is -2.53. The quantitative estimate of drug-likeness (QED) is 0.852. The molecule has 1 aliphatic heterocycles. The average Bonchev–Trinajstić information content (AvgIpc) is 2.36. The van der Waals surface area contributed by atoms with Gasteiger partial charge in [-0.1, -0.05) is 44.2 Å². The first-order chi connectivity index (χ1) is 9.43. The number of hydrogen-bond acceptors (Lipinski definition) is 3. The highest BCUT2D eigenvalue weighted by Gasteiger charge is 2.40. The Hall–Kier alpha value is -1.68. The van der Waals surface area contributed by atoms with Crippen LogP contribution in [-0.4, -0.2) is 34.5 Å². The summed E-state index contributed by atoms with van der Waals surface area (Å²) in [6.07, 6.45) is 1.20. The molecule has 20 heavy (non-hydrogen) atoms. The van der Waals surface area contributed by atoms with Gasteiger partial charge in [-0.15, -0.1) is 0 Å². The van der Waals surface area contributed by atoms with Gasteiger partial charge >= 0.3 is 0 Å². The number of nitrogens with zero attached hydrogens (tertiary/aromatic N) is 1. The predicted molar refractivity (Wildman–Crippen MR) is 75.9 cm³/mol. The van der Waals surface area contributed by atoms with E-state index in [-0.39, 0.29) is 23.8 Å². The topological polar surface area (TPSA) is 57.6 Å². The molecule has 0 aromatic heterocycles. The maximum atomic E-state index is 12.2. The monoisotopic (exact) mass is 275 g/mol. The minimum Gasteiger partial charge on any atom is -0.394 e. The fourth-order valence-electron chi connectivity index (χ4n) is 2.72. The minimum atomic E-state index is -0.464. The fraction of sp³-hybridized carbons (Fsp3) is 0.500. The van der Waals surface area contributed by atoms with Crippen LogP contribution in [0.2, 0.25) is 0 Å². The van der Waals surface area contributed by atoms with Crippen molar-refractivity contribution in [3.05, 3.63) is 35.9 Å². The van der Waals surface area contributed by atoms with Crippen molar-refractivity contribution in [1.29, 1.82) is 0 Å². The van der Waals surface area contributed by atoms with E-state index in [2.05, 4.69) is 0 Å². The van der Waals surface area contributed by atoms with Crippen molar-refractivity contribution in [3.8, 4) is 0 Å². The summed E-state index contributed by atoms with van der Waals surface area (Å²) >= 11 is 0. The van der Waals surface area contributed by atoms with Gasteiger partial charge in [-0.2, -0.15) is 0 Å². The van der Waals surface area contributed by atoms with Crippen LogP contribution in [-0.2, 0) is 16.0 Å². The van der Waals surface area contributed by atoms with E-state index < -0.39 is 6.04 Å². The lowest BCUT2D eigenvalue weighted by Gasteiger charge is -2.38. The molecule has 1 atom stereocenters. The van der Waals surface area contributed by atoms with Crippen molar-refractivity contribution in [2.45, 2.75) is 39.2 Å². The van der Waals surface area contributed by atoms with Gasteiger partial charge in [0.15, 0.2) is 0 Å². The van der Waals surface area contributed by atoms with Crippen LogP contribution in [0.3, 0.4) is 0 Å². The summed E-state index contributed by atoms with van der Waals surface area (Å²) in [6, 6.07) is 9.14. The summed E-state index contributed by atoms with van der Waals surface area (Å²) in [6.45, 7) is 3.64. The molecular weight excluding hydrogens is 254 g/mol. The van der Waals surface area contributed by atoms with Crippen LogP contribution in [0.25, 0.3) is 0 Å². The van der Waals surface area contributed by atoms with Gasteiger partial charge < -0.3 is 5.11 Å². The number of aliphatic hydroxyl groups excluding tert-OH is 1. The molecule has 1 saturated heterocycles. The average molecular weight is 275 g/mol. The van der Waals surface area contributed by atoms with Gasteiger partial charge in [0.1, 0.15) is 0 Å². The Labute approximate surface area is 119 Å². The molecule has 2 amide bonds. The number of likely N-dealkylation sites (tertiary alicyclic amines) is 1. The van der Waals surface area contributed by atoms with Crippen LogP contribution < -0.4 is 0 Å². The summed E-state index contributed by atoms with van der Waals surface area (Å²) in [5.41, 5.74) is 0.731. The van der Waals surface area contributed by atoms with E-state index in [1.165, 1.54) is 4.90 Å². The second-order valence-electron chi connectivity index (χ2n) is 6.20. The van der Waals surface area contributed by atoms with Gasteiger partial charge in [0.2, 0.25) is 11.8 Å². The first-order valence-electron chi connectivity index (χ1n) is 6.92. The largest absolute Gasteiger partial charge is 0.394 e. The van der Waals surface area contributed by atoms with Crippen molar-refractivity contribution in [3.63, 3.8) is 0 Å². The standard InChI is InChI=1S/C16H21NO3/c1-16(2)9-14(19)17(15(20)10-16)13(11-18)8-12-6-4-3-5-7-12/h3-7,13,18H,8-11H2,1-2H3/t13-/m1/s1. The maximum Gasteiger partial charge on any atom is 0.230 e. The molecular formula is C16H21NO3. The Morgan fingerprint density at radius 2 is 1.70 bits per heavy atom. The Morgan fingerprint density at radius 1 is 1.15 bits per heavy atom. The molecule has 1 aliphatic rings. The van der Waals surface area contributed by atoms with E-state index in [1.54, 1.807) is 0 Å². The Morgan fingerprint density at radius 3 is 2.20 bits per heavy atom. The zero-order chi connectivity index (χ0) is 14.8. The van der Waals surface area contributed by atoms with Crippen LogP contribution in [0.4, 0.5) is 0 Å². The summed E-state index contributed by atoms with van der Waals surface area (Å²) < 4.78 is 0. The van der Waals surface area contributed by atoms with Gasteiger partial charge in [-0.25, -0.2) is 0 Å². The molecule has 0 aliphatic carbocycles. The van der Waals surface area contributed by atoms with Crippen molar-refractivity contribution < 1.29 is 14.7 Å². The molecule has 4 heteroatoms. The minimum absolute atomic E-state index is 0.179. The van der Waals surface area contributed by atoms with Crippen molar-refractivity contribution in [1.82, 2.24) is 4.90 Å². The summed E-state index contributed by atoms with van der Waals surface area (Å²) in [5.74, 6) is -0.359. The molecule has 1 aromatic carbocycles. The van der Waals surface area contributed by atoms with Gasteiger partial charge in [0.05, 0.1) is 12.6 Å². The number of benzene rings is 1. The van der Waals surface area contributed by atoms with E-state index in [9.17, 15) is 14.7 Å². The van der Waals surface area contributed by atoms with Gasteiger partial charge in [0, 0.05) is 12.8 Å². The van der Waals surface area contributed by atoms with E-state index >= 15 is 0 Å². The normalized spacial score (nSPS) is 20.1. The van der Waals surface area contributed by atoms with E-state index in [0.29, 0.717) is 19.3 Å². The molecule has 1 N–H and O–H groups in total. The van der Waals surface area contributed by atoms with E-state index in [1.807, 2.05) is 44.2 Å². The van der Waals surface area contributed by atoms with E-state index in [0.717, 1.165) is 5.56 Å². The molecule has 4 nitrogen and oxygen atoms in total. The number of amides is 2. The highest BCUT2D eigenvalue weighted by atomic mass is 16.3. The molecule has 0 spiro atoms. The molecule has 1 fully saturated rings. The number of imide groups is 1. The van der Waals surface area contributed by atoms with Crippen LogP contribution in [0.15, 0.2) is 30.3 Å². The van der Waals surface area contributed by atoms with Gasteiger partial charge in [0.25, 0.3) is 0 Å². The number of aliphatic hydroxyl groups is 1. The highest BCUT2D eigenvalue weighted by molar-refractivity contribution is 5.98. The number of rotatable bonds is 4. The molecule has 2 rings (SSSR count). The smallest absolute Gasteiger partial charge is 0.230 e. The molecule has 108 valence electrons. The van der Waals surface area contributed by atoms with Crippen molar-refractivity contribution in [2.75, 3.05) is 6.61 Å². The van der Waals surface area contributed by atoms with Crippen molar-refractivity contribution >= 4 is 11.8 Å². The number of carbonyl (C=O) groups excluding carboxylic acids is 2. The van der Waals surface area contributed by atoms with Crippen molar-refractivity contribution in [2.24, 2.45) is 5.41 Å². The number of piperidine rings is 1. The first kappa shape index (κ1) is 14.7. The summed E-state index contributed by atoms with van der Waals surface area (Å²) in [4.78, 5) is 25.7. The van der Waals surface area contributed by atoms with Gasteiger partial charge in [-0.3, -0.25) is 14.5 Å². The van der Waals surface area contributed by atoms with Crippen LogP contribution >= 0.6 is 0 Å². The third kappa shape index (κ3) is 3.25. The molecule has 0 radical (unpaired) electrons. The Balaban J connectivity index is 2.15. The Bertz CT molecular complexity index is 476. The predicted octanol–water partition coefficient (Wildman–Crippen LogP) is 1.77. The third-order valence-corrected chi connectivity index (χ3v) is 3.69. The maximum absolute atomic E-state index is 12.2. The molecule has 1 heterocycles. The van der Waals surface area contributed by atoms with Crippen LogP contribution in [0, 0.1) is 5.41 Å². The molecule has 1 aromatic rings. The SMILES string of the molecule is CC1(C)CC(=O)N([C@@H](CO)Cc2ccccc2)C(=O)C1. The highest BCUT2D eigenvalue weighted by Crippen LogP contribution is 2.32. The lowest BCUT2D eigenvalue weighted by molar-refractivity contribution is -0.156. The fourth-order valence-corrected chi connectivity index (χ4v) is 2.72. The second kappa shape index (κ2) is 5.75. The molecule has 0 saturated carbocycles. The number of hydrogen-bond donors (Lipinski definition) is 1.